The summed E-state index contributed by atoms with van der Waals surface area (Å²) in [6.45, 7) is 0. The second-order valence-corrected chi connectivity index (χ2v) is 13.9. The van der Waals surface area contributed by atoms with Crippen LogP contribution in [0.5, 0.6) is 0 Å². The molecule has 0 saturated carbocycles. The lowest BCUT2D eigenvalue weighted by molar-refractivity contribution is 0.471. The van der Waals surface area contributed by atoms with Crippen LogP contribution < -0.4 is 0 Å². The highest BCUT2D eigenvalue weighted by atomic mass is 32.2. The van der Waals surface area contributed by atoms with Crippen LogP contribution in [0, 0.1) is 0 Å². The zero-order valence-corrected chi connectivity index (χ0v) is 26.6. The quantitative estimate of drug-likeness (QED) is 0.194. The Hall–Kier alpha value is -5.78. The highest BCUT2D eigenvalue weighted by Crippen LogP contribution is 2.57. The van der Waals surface area contributed by atoms with Crippen LogP contribution in [0.3, 0.4) is 0 Å². The van der Waals surface area contributed by atoms with Gasteiger partial charge in [0, 0.05) is 37.4 Å². The minimum absolute atomic E-state index is 0.0892. The number of nitrogens with zero attached hydrogens (tertiary/aromatic N) is 3. The molecule has 0 spiro atoms. The Balaban J connectivity index is 1.20. The summed E-state index contributed by atoms with van der Waals surface area (Å²) in [6.07, 6.45) is 2.26. The summed E-state index contributed by atoms with van der Waals surface area (Å²) >= 11 is 1.94. The Kier molecular flexibility index (Phi) is 5.41. The van der Waals surface area contributed by atoms with Crippen LogP contribution in [0.2, 0.25) is 0 Å². The number of rotatable bonds is 3. The number of para-hydroxylation sites is 3. The van der Waals surface area contributed by atoms with Gasteiger partial charge in [-0.3, -0.25) is 4.57 Å². The fourth-order valence-corrected chi connectivity index (χ4v) is 9.59. The van der Waals surface area contributed by atoms with Crippen molar-refractivity contribution in [3.8, 4) is 11.7 Å². The summed E-state index contributed by atoms with van der Waals surface area (Å²) < 4.78 is 11.6. The van der Waals surface area contributed by atoms with E-state index in [2.05, 4.69) is 161 Å². The molecule has 1 aliphatic carbocycles. The number of fused-ring (bicyclic) bond motifs is 11. The molecular formula is C43H27N3OS. The molecule has 5 heteroatoms. The minimum Gasteiger partial charge on any atom is -0.427 e. The first-order valence-corrected chi connectivity index (χ1v) is 17.3. The molecule has 4 nitrogen and oxygen atoms in total. The molecule has 2 unspecified atom stereocenters. The van der Waals surface area contributed by atoms with E-state index >= 15 is 0 Å². The van der Waals surface area contributed by atoms with Gasteiger partial charge in [0.2, 0.25) is 0 Å². The smallest absolute Gasteiger partial charge is 0.307 e. The molecule has 2 aliphatic rings. The van der Waals surface area contributed by atoms with E-state index < -0.39 is 0 Å². The number of oxazole rings is 1. The third-order valence-electron chi connectivity index (χ3n) is 10.1. The maximum absolute atomic E-state index is 6.98. The van der Waals surface area contributed by atoms with Crippen molar-refractivity contribution in [2.45, 2.75) is 16.1 Å². The summed E-state index contributed by atoms with van der Waals surface area (Å²) in [4.78, 5) is 6.62. The Bertz CT molecular complexity index is 2770. The van der Waals surface area contributed by atoms with Crippen molar-refractivity contribution >= 4 is 67.0 Å². The van der Waals surface area contributed by atoms with Crippen LogP contribution >= 0.6 is 11.8 Å². The summed E-state index contributed by atoms with van der Waals surface area (Å²) in [5.74, 6) is 1.03. The minimum atomic E-state index is 0.0892. The van der Waals surface area contributed by atoms with E-state index in [0.717, 1.165) is 28.2 Å². The molecule has 226 valence electrons. The van der Waals surface area contributed by atoms with Crippen LogP contribution in [0.25, 0.3) is 67.0 Å². The predicted octanol–water partition coefficient (Wildman–Crippen LogP) is 11.0. The van der Waals surface area contributed by atoms with Crippen LogP contribution in [0.15, 0.2) is 155 Å². The molecular weight excluding hydrogens is 607 g/mol. The molecule has 4 heterocycles. The van der Waals surface area contributed by atoms with Crippen molar-refractivity contribution in [3.63, 3.8) is 0 Å². The molecule has 0 N–H and O–H groups in total. The lowest BCUT2D eigenvalue weighted by atomic mass is 9.82. The molecule has 6 aromatic carbocycles. The predicted molar refractivity (Wildman–Crippen MR) is 197 cm³/mol. The molecule has 0 fully saturated rings. The molecule has 0 amide bonds. The van der Waals surface area contributed by atoms with Gasteiger partial charge in [-0.2, -0.15) is 4.98 Å². The van der Waals surface area contributed by atoms with Crippen LogP contribution in [0.1, 0.15) is 28.5 Å². The highest BCUT2D eigenvalue weighted by Gasteiger charge is 2.43. The van der Waals surface area contributed by atoms with Gasteiger partial charge in [0.05, 0.1) is 28.0 Å². The van der Waals surface area contributed by atoms with Crippen LogP contribution in [0.4, 0.5) is 0 Å². The molecule has 2 atom stereocenters. The monoisotopic (exact) mass is 633 g/mol. The lowest BCUT2D eigenvalue weighted by Crippen LogP contribution is -2.18. The van der Waals surface area contributed by atoms with E-state index in [-0.39, 0.29) is 11.2 Å². The van der Waals surface area contributed by atoms with Gasteiger partial charge in [-0.05, 0) is 65.2 Å². The first kappa shape index (κ1) is 26.3. The van der Waals surface area contributed by atoms with Gasteiger partial charge in [0.1, 0.15) is 11.5 Å². The molecule has 1 aliphatic heterocycles. The van der Waals surface area contributed by atoms with Gasteiger partial charge in [-0.25, -0.2) is 0 Å². The lowest BCUT2D eigenvalue weighted by Gasteiger charge is -2.25. The van der Waals surface area contributed by atoms with Gasteiger partial charge >= 0.3 is 6.01 Å². The number of hydrogen-bond acceptors (Lipinski definition) is 3. The maximum Gasteiger partial charge on any atom is 0.307 e. The SMILES string of the molecule is C1=C(c2ccccc2)C2Sc3ccccc3C2c2oc(-n3c4ccccc4c4cc5c(cc43)c3ccccc3n5-c3ccccc3)nc21. The van der Waals surface area contributed by atoms with Gasteiger partial charge in [0.15, 0.2) is 0 Å². The maximum atomic E-state index is 6.98. The van der Waals surface area contributed by atoms with E-state index in [9.17, 15) is 0 Å². The fourth-order valence-electron chi connectivity index (χ4n) is 8.09. The molecule has 0 saturated heterocycles. The number of thioether (sulfide) groups is 1. The van der Waals surface area contributed by atoms with E-state index in [1.807, 2.05) is 11.8 Å². The molecule has 11 rings (SSSR count). The fraction of sp³-hybridized carbons (Fsp3) is 0.0465. The van der Waals surface area contributed by atoms with E-state index in [0.29, 0.717) is 6.01 Å². The van der Waals surface area contributed by atoms with E-state index in [1.165, 1.54) is 54.2 Å². The van der Waals surface area contributed by atoms with Gasteiger partial charge in [-0.15, -0.1) is 11.8 Å². The van der Waals surface area contributed by atoms with Crippen LogP contribution in [-0.4, -0.2) is 19.4 Å². The average molecular weight is 634 g/mol. The largest absolute Gasteiger partial charge is 0.427 e. The van der Waals surface area contributed by atoms with Crippen molar-refractivity contribution in [1.82, 2.24) is 14.1 Å². The third kappa shape index (κ3) is 3.59. The summed E-state index contributed by atoms with van der Waals surface area (Å²) in [6, 6.07) is 52.8. The molecule has 9 aromatic rings. The topological polar surface area (TPSA) is 35.9 Å². The van der Waals surface area contributed by atoms with E-state index in [4.69, 9.17) is 9.40 Å². The van der Waals surface area contributed by atoms with Gasteiger partial charge in [-0.1, -0.05) is 103 Å². The summed E-state index contributed by atoms with van der Waals surface area (Å²) in [5, 5.41) is 5.00. The Morgan fingerprint density at radius 1 is 0.562 bits per heavy atom. The Labute approximate surface area is 280 Å². The van der Waals surface area contributed by atoms with Crippen molar-refractivity contribution in [2.24, 2.45) is 0 Å². The van der Waals surface area contributed by atoms with Crippen molar-refractivity contribution in [1.29, 1.82) is 0 Å². The van der Waals surface area contributed by atoms with Crippen LogP contribution in [-0.2, 0) is 0 Å². The van der Waals surface area contributed by atoms with Gasteiger partial charge in [0.25, 0.3) is 0 Å². The molecule has 3 aromatic heterocycles. The third-order valence-corrected chi connectivity index (χ3v) is 11.5. The standard InChI is InChI=1S/C43H27N3OS/c1-3-13-26(14-4-1)31-23-34-41(40-30-19-9-12-22-39(30)48-42(31)40)47-43(44-34)46-36-21-11-8-18-29(36)33-24-37-32(25-38(33)46)28-17-7-10-20-35(28)45(37)27-15-5-2-6-16-27/h1-25,40,42H. The second-order valence-electron chi connectivity index (χ2n) is 12.7. The first-order chi connectivity index (χ1) is 23.8. The normalized spacial score (nSPS) is 16.8. The zero-order chi connectivity index (χ0) is 31.3. The summed E-state index contributed by atoms with van der Waals surface area (Å²) in [7, 11) is 0. The number of aromatic nitrogens is 3. The number of hydrogen-bond donors (Lipinski definition) is 0. The Morgan fingerprint density at radius 2 is 1.17 bits per heavy atom. The van der Waals surface area contributed by atoms with Crippen molar-refractivity contribution < 1.29 is 4.42 Å². The van der Waals surface area contributed by atoms with Crippen molar-refractivity contribution in [2.75, 3.05) is 0 Å². The molecule has 0 radical (unpaired) electrons. The van der Waals surface area contributed by atoms with E-state index in [1.54, 1.807) is 0 Å². The second kappa shape index (κ2) is 9.86. The molecule has 0 bridgehead atoms. The average Bonchev–Trinajstić information content (AvgIpc) is 3.90. The first-order valence-electron chi connectivity index (χ1n) is 16.4. The van der Waals surface area contributed by atoms with Gasteiger partial charge < -0.3 is 8.98 Å². The summed E-state index contributed by atoms with van der Waals surface area (Å²) in [5.41, 5.74) is 10.5. The zero-order valence-electron chi connectivity index (χ0n) is 25.7. The highest BCUT2D eigenvalue weighted by molar-refractivity contribution is 8.00. The number of benzene rings is 6. The van der Waals surface area contributed by atoms with Crippen molar-refractivity contribution in [3.05, 3.63) is 168 Å². The Morgan fingerprint density at radius 3 is 1.92 bits per heavy atom. The molecule has 48 heavy (non-hydrogen) atoms.